The molecule has 0 spiro atoms. The molecule has 2 rings (SSSR count). The van der Waals surface area contributed by atoms with E-state index in [0.29, 0.717) is 17.9 Å². The number of aryl methyl sites for hydroxylation is 1. The van der Waals surface area contributed by atoms with Crippen LogP contribution in [0.2, 0.25) is 0 Å². The minimum absolute atomic E-state index is 0.0407. The maximum atomic E-state index is 12.2. The molecule has 1 aliphatic rings. The third-order valence-electron chi connectivity index (χ3n) is 4.62. The molecule has 0 aromatic carbocycles. The quantitative estimate of drug-likeness (QED) is 0.843. The van der Waals surface area contributed by atoms with E-state index in [9.17, 15) is 9.90 Å². The maximum Gasteiger partial charge on any atom is 0.263 e. The summed E-state index contributed by atoms with van der Waals surface area (Å²) in [6.45, 7) is 8.76. The van der Waals surface area contributed by atoms with Gasteiger partial charge in [-0.25, -0.2) is 4.98 Å². The van der Waals surface area contributed by atoms with Crippen molar-refractivity contribution in [2.75, 3.05) is 13.2 Å². The molecular formula is C15H24N2O3S. The van der Waals surface area contributed by atoms with Crippen LogP contribution in [-0.2, 0) is 11.2 Å². The van der Waals surface area contributed by atoms with Crippen LogP contribution in [-0.4, -0.2) is 40.9 Å². The molecule has 6 heteroatoms. The predicted octanol–water partition coefficient (Wildman–Crippen LogP) is 2.00. The fraction of sp³-hybridized carbons (Fsp3) is 0.733. The first kappa shape index (κ1) is 16.4. The molecule has 0 radical (unpaired) electrons. The summed E-state index contributed by atoms with van der Waals surface area (Å²) >= 11 is 1.34. The Kier molecular flexibility index (Phi) is 4.70. The van der Waals surface area contributed by atoms with Gasteiger partial charge in [0.25, 0.3) is 5.91 Å². The van der Waals surface area contributed by atoms with Crippen LogP contribution >= 0.6 is 11.3 Å². The lowest BCUT2D eigenvalue weighted by atomic mass is 9.56. The Bertz CT molecular complexity index is 515. The van der Waals surface area contributed by atoms with Crippen LogP contribution in [0.1, 0.15) is 49.5 Å². The third-order valence-corrected chi connectivity index (χ3v) is 5.49. The highest BCUT2D eigenvalue weighted by atomic mass is 32.1. The van der Waals surface area contributed by atoms with Crippen molar-refractivity contribution in [2.45, 2.75) is 52.2 Å². The predicted molar refractivity (Wildman–Crippen MR) is 82.6 cm³/mol. The van der Waals surface area contributed by atoms with Crippen LogP contribution in [0.3, 0.4) is 0 Å². The standard InChI is InChI=1S/C15H24N2O3S/c1-5-10-12(21-9-17-10)13(18)16-8-15(19)7-11(20-6-2)14(15,3)4/h9,11,19H,5-8H2,1-4H3,(H,16,18)/t11-,15-/m1/s1. The second-order valence-electron chi connectivity index (χ2n) is 6.07. The van der Waals surface area contributed by atoms with Crippen molar-refractivity contribution in [1.29, 1.82) is 0 Å². The van der Waals surface area contributed by atoms with Crippen molar-refractivity contribution in [3.63, 3.8) is 0 Å². The van der Waals surface area contributed by atoms with E-state index in [2.05, 4.69) is 10.3 Å². The van der Waals surface area contributed by atoms with E-state index in [4.69, 9.17) is 4.74 Å². The average Bonchev–Trinajstić information content (AvgIpc) is 2.93. The van der Waals surface area contributed by atoms with Crippen molar-refractivity contribution >= 4 is 17.2 Å². The van der Waals surface area contributed by atoms with Gasteiger partial charge in [-0.15, -0.1) is 11.3 Å². The molecule has 0 aliphatic heterocycles. The number of amides is 1. The molecule has 1 aromatic heterocycles. The summed E-state index contributed by atoms with van der Waals surface area (Å²) in [5, 5.41) is 13.5. The van der Waals surface area contributed by atoms with Crippen LogP contribution in [0.15, 0.2) is 5.51 Å². The molecule has 1 saturated carbocycles. The number of hydrogen-bond acceptors (Lipinski definition) is 5. The largest absolute Gasteiger partial charge is 0.387 e. The van der Waals surface area contributed by atoms with E-state index in [1.165, 1.54) is 11.3 Å². The fourth-order valence-electron chi connectivity index (χ4n) is 2.77. The number of thiazole rings is 1. The molecule has 2 N–H and O–H groups in total. The molecule has 2 atom stereocenters. The highest BCUT2D eigenvalue weighted by Crippen LogP contribution is 2.50. The smallest absolute Gasteiger partial charge is 0.263 e. The number of nitrogens with one attached hydrogen (secondary N) is 1. The lowest BCUT2D eigenvalue weighted by molar-refractivity contribution is -0.237. The van der Waals surface area contributed by atoms with E-state index in [1.54, 1.807) is 5.51 Å². The molecule has 0 unspecified atom stereocenters. The summed E-state index contributed by atoms with van der Waals surface area (Å²) in [7, 11) is 0. The van der Waals surface area contributed by atoms with Gasteiger partial charge >= 0.3 is 0 Å². The number of aliphatic hydroxyl groups is 1. The van der Waals surface area contributed by atoms with Gasteiger partial charge < -0.3 is 15.2 Å². The van der Waals surface area contributed by atoms with Crippen molar-refractivity contribution in [3.05, 3.63) is 16.1 Å². The summed E-state index contributed by atoms with van der Waals surface area (Å²) in [5.41, 5.74) is 1.21. The Morgan fingerprint density at radius 2 is 2.29 bits per heavy atom. The number of ether oxygens (including phenoxy) is 1. The van der Waals surface area contributed by atoms with Crippen LogP contribution in [0.4, 0.5) is 0 Å². The van der Waals surface area contributed by atoms with Gasteiger partial charge in [0.2, 0.25) is 0 Å². The molecule has 21 heavy (non-hydrogen) atoms. The second-order valence-corrected chi connectivity index (χ2v) is 6.92. The van der Waals surface area contributed by atoms with Crippen molar-refractivity contribution in [2.24, 2.45) is 5.41 Å². The Labute approximate surface area is 129 Å². The monoisotopic (exact) mass is 312 g/mol. The number of rotatable bonds is 6. The number of hydrogen-bond donors (Lipinski definition) is 2. The van der Waals surface area contributed by atoms with Crippen LogP contribution in [0, 0.1) is 5.41 Å². The van der Waals surface area contributed by atoms with Crippen molar-refractivity contribution in [1.82, 2.24) is 10.3 Å². The molecule has 1 heterocycles. The van der Waals surface area contributed by atoms with E-state index >= 15 is 0 Å². The maximum absolute atomic E-state index is 12.2. The fourth-order valence-corrected chi connectivity index (χ4v) is 3.57. The molecule has 1 aliphatic carbocycles. The topological polar surface area (TPSA) is 71.5 Å². The number of carbonyl (C=O) groups excluding carboxylic acids is 1. The zero-order valence-electron chi connectivity index (χ0n) is 13.1. The summed E-state index contributed by atoms with van der Waals surface area (Å²) < 4.78 is 5.62. The van der Waals surface area contributed by atoms with Crippen molar-refractivity contribution < 1.29 is 14.6 Å². The molecule has 5 nitrogen and oxygen atoms in total. The highest BCUT2D eigenvalue weighted by Gasteiger charge is 2.59. The number of carbonyl (C=O) groups is 1. The van der Waals surface area contributed by atoms with Gasteiger partial charge in [-0.2, -0.15) is 0 Å². The van der Waals surface area contributed by atoms with Gasteiger partial charge in [0.05, 0.1) is 22.9 Å². The molecular weight excluding hydrogens is 288 g/mol. The first-order chi connectivity index (χ1) is 9.85. The normalized spacial score (nSPS) is 27.2. The highest BCUT2D eigenvalue weighted by molar-refractivity contribution is 7.11. The molecule has 0 saturated heterocycles. The Hall–Kier alpha value is -0.980. The summed E-state index contributed by atoms with van der Waals surface area (Å²) in [6.07, 6.45) is 1.32. The zero-order chi connectivity index (χ0) is 15.7. The SMILES string of the molecule is CCO[C@@H]1C[C@@](O)(CNC(=O)c2scnc2CC)C1(C)C. The molecule has 1 aromatic rings. The van der Waals surface area contributed by atoms with Gasteiger partial charge in [0.15, 0.2) is 0 Å². The van der Waals surface area contributed by atoms with E-state index in [1.807, 2.05) is 27.7 Å². The van der Waals surface area contributed by atoms with Crippen LogP contribution in [0.5, 0.6) is 0 Å². The summed E-state index contributed by atoms with van der Waals surface area (Å²) in [4.78, 5) is 17.0. The molecule has 118 valence electrons. The molecule has 1 amide bonds. The van der Waals surface area contributed by atoms with Gasteiger partial charge in [-0.1, -0.05) is 20.8 Å². The Balaban J connectivity index is 1.96. The van der Waals surface area contributed by atoms with Crippen LogP contribution in [0.25, 0.3) is 0 Å². The zero-order valence-corrected chi connectivity index (χ0v) is 13.9. The summed E-state index contributed by atoms with van der Waals surface area (Å²) in [6, 6.07) is 0. The first-order valence-electron chi connectivity index (χ1n) is 7.40. The lowest BCUT2D eigenvalue weighted by Crippen LogP contribution is -2.68. The van der Waals surface area contributed by atoms with Gasteiger partial charge in [0, 0.05) is 25.0 Å². The van der Waals surface area contributed by atoms with Gasteiger partial charge in [-0.3, -0.25) is 4.79 Å². The Morgan fingerprint density at radius 1 is 1.57 bits per heavy atom. The number of aromatic nitrogens is 1. The van der Waals surface area contributed by atoms with Crippen molar-refractivity contribution in [3.8, 4) is 0 Å². The van der Waals surface area contributed by atoms with E-state index in [0.717, 1.165) is 12.1 Å². The number of nitrogens with zero attached hydrogens (tertiary/aromatic N) is 1. The third kappa shape index (κ3) is 2.84. The molecule has 1 fully saturated rings. The molecule has 0 bridgehead atoms. The van der Waals surface area contributed by atoms with Gasteiger partial charge in [0.1, 0.15) is 4.88 Å². The van der Waals surface area contributed by atoms with Crippen LogP contribution < -0.4 is 5.32 Å². The minimum Gasteiger partial charge on any atom is -0.387 e. The average molecular weight is 312 g/mol. The van der Waals surface area contributed by atoms with E-state index < -0.39 is 5.60 Å². The second kappa shape index (κ2) is 6.02. The van der Waals surface area contributed by atoms with E-state index in [-0.39, 0.29) is 24.0 Å². The first-order valence-corrected chi connectivity index (χ1v) is 8.28. The summed E-state index contributed by atoms with van der Waals surface area (Å²) in [5.74, 6) is -0.154. The minimum atomic E-state index is -0.917. The Morgan fingerprint density at radius 3 is 2.86 bits per heavy atom. The van der Waals surface area contributed by atoms with Gasteiger partial charge in [-0.05, 0) is 13.3 Å². The lowest BCUT2D eigenvalue weighted by Gasteiger charge is -2.57.